The third kappa shape index (κ3) is 5.12. The highest BCUT2D eigenvalue weighted by molar-refractivity contribution is 5.18. The van der Waals surface area contributed by atoms with Gasteiger partial charge in [-0.15, -0.1) is 0 Å². The predicted octanol–water partition coefficient (Wildman–Crippen LogP) is 2.55. The summed E-state index contributed by atoms with van der Waals surface area (Å²) in [6, 6.07) is 4.49. The minimum Gasteiger partial charge on any atom is -0.491 e. The van der Waals surface area contributed by atoms with Crippen LogP contribution in [0, 0.1) is 6.92 Å². The van der Waals surface area contributed by atoms with Crippen molar-refractivity contribution in [2.45, 2.75) is 39.7 Å². The Labute approximate surface area is 98.2 Å². The third-order valence-electron chi connectivity index (χ3n) is 2.47. The Morgan fingerprint density at radius 3 is 2.88 bits per heavy atom. The summed E-state index contributed by atoms with van der Waals surface area (Å²) >= 11 is 0. The van der Waals surface area contributed by atoms with Crippen molar-refractivity contribution in [2.75, 3.05) is 13.2 Å². The molecule has 0 radical (unpaired) electrons. The maximum atomic E-state index is 5.56. The van der Waals surface area contributed by atoms with E-state index in [1.807, 2.05) is 19.1 Å². The van der Waals surface area contributed by atoms with Crippen LogP contribution in [0.25, 0.3) is 0 Å². The molecule has 1 rings (SSSR count). The number of nitrogens with one attached hydrogen (secondary N) is 1. The molecule has 0 aromatic carbocycles. The van der Waals surface area contributed by atoms with Crippen LogP contribution in [0.5, 0.6) is 5.75 Å². The number of rotatable bonds is 7. The van der Waals surface area contributed by atoms with Crippen molar-refractivity contribution in [2.24, 2.45) is 0 Å². The first-order valence-corrected chi connectivity index (χ1v) is 6.01. The molecular formula is C13H22N2O. The molecule has 0 saturated heterocycles. The zero-order valence-electron chi connectivity index (χ0n) is 10.5. The van der Waals surface area contributed by atoms with Gasteiger partial charge in [-0.05, 0) is 32.4 Å². The van der Waals surface area contributed by atoms with Crippen LogP contribution in [0.15, 0.2) is 18.3 Å². The Morgan fingerprint density at radius 1 is 1.44 bits per heavy atom. The third-order valence-corrected chi connectivity index (χ3v) is 2.47. The van der Waals surface area contributed by atoms with Crippen LogP contribution in [0.4, 0.5) is 0 Å². The predicted molar refractivity (Wildman–Crippen MR) is 66.8 cm³/mol. The van der Waals surface area contributed by atoms with E-state index in [1.165, 1.54) is 12.8 Å². The summed E-state index contributed by atoms with van der Waals surface area (Å²) in [7, 11) is 0. The lowest BCUT2D eigenvalue weighted by Gasteiger charge is -2.12. The highest BCUT2D eigenvalue weighted by atomic mass is 16.5. The highest BCUT2D eigenvalue weighted by Crippen LogP contribution is 2.07. The van der Waals surface area contributed by atoms with Crippen molar-refractivity contribution >= 4 is 0 Å². The van der Waals surface area contributed by atoms with Gasteiger partial charge in [0.2, 0.25) is 0 Å². The molecule has 0 aliphatic carbocycles. The number of pyridine rings is 1. The van der Waals surface area contributed by atoms with Crippen molar-refractivity contribution in [3.63, 3.8) is 0 Å². The molecule has 0 bridgehead atoms. The average molecular weight is 222 g/mol. The van der Waals surface area contributed by atoms with E-state index in [1.54, 1.807) is 6.20 Å². The molecule has 1 aromatic rings. The van der Waals surface area contributed by atoms with Gasteiger partial charge in [0.25, 0.3) is 0 Å². The fourth-order valence-corrected chi connectivity index (χ4v) is 1.55. The molecular weight excluding hydrogens is 200 g/mol. The molecule has 0 aliphatic heterocycles. The van der Waals surface area contributed by atoms with Crippen molar-refractivity contribution in [1.82, 2.24) is 10.3 Å². The molecule has 0 fully saturated rings. The molecule has 0 amide bonds. The van der Waals surface area contributed by atoms with E-state index >= 15 is 0 Å². The molecule has 0 spiro atoms. The largest absolute Gasteiger partial charge is 0.491 e. The lowest BCUT2D eigenvalue weighted by molar-refractivity contribution is 0.303. The van der Waals surface area contributed by atoms with Gasteiger partial charge in [0.05, 0.1) is 6.20 Å². The molecule has 1 aromatic heterocycles. The second kappa shape index (κ2) is 7.23. The van der Waals surface area contributed by atoms with Crippen LogP contribution in [-0.4, -0.2) is 24.2 Å². The van der Waals surface area contributed by atoms with Gasteiger partial charge in [0, 0.05) is 18.3 Å². The molecule has 90 valence electrons. The summed E-state index contributed by atoms with van der Waals surface area (Å²) in [5.74, 6) is 0.843. The minimum absolute atomic E-state index is 0.574. The molecule has 3 heteroatoms. The smallest absolute Gasteiger partial charge is 0.137 e. The maximum absolute atomic E-state index is 5.56. The Kier molecular flexibility index (Phi) is 5.86. The Bertz CT molecular complexity index is 284. The zero-order valence-corrected chi connectivity index (χ0v) is 10.5. The molecule has 16 heavy (non-hydrogen) atoms. The van der Waals surface area contributed by atoms with Gasteiger partial charge in [-0.25, -0.2) is 0 Å². The highest BCUT2D eigenvalue weighted by Gasteiger charge is 1.99. The molecule has 1 atom stereocenters. The Morgan fingerprint density at radius 2 is 2.25 bits per heavy atom. The van der Waals surface area contributed by atoms with E-state index in [-0.39, 0.29) is 0 Å². The van der Waals surface area contributed by atoms with Crippen LogP contribution in [0.3, 0.4) is 0 Å². The van der Waals surface area contributed by atoms with Crippen LogP contribution < -0.4 is 10.1 Å². The van der Waals surface area contributed by atoms with Gasteiger partial charge in [-0.1, -0.05) is 13.3 Å². The SMILES string of the molecule is CCCC(C)NCCOc1ccc(C)nc1. The molecule has 3 nitrogen and oxygen atoms in total. The van der Waals surface area contributed by atoms with Crippen LogP contribution in [0.2, 0.25) is 0 Å². The Balaban J connectivity index is 2.13. The lowest BCUT2D eigenvalue weighted by atomic mass is 10.2. The van der Waals surface area contributed by atoms with E-state index < -0.39 is 0 Å². The standard InChI is InChI=1S/C13H22N2O/c1-4-5-11(2)14-8-9-16-13-7-6-12(3)15-10-13/h6-7,10-11,14H,4-5,8-9H2,1-3H3. The van der Waals surface area contributed by atoms with Crippen LogP contribution in [-0.2, 0) is 0 Å². The number of aryl methyl sites for hydroxylation is 1. The van der Waals surface area contributed by atoms with Crippen molar-refractivity contribution in [3.8, 4) is 5.75 Å². The van der Waals surface area contributed by atoms with E-state index in [4.69, 9.17) is 4.74 Å². The molecule has 1 unspecified atom stereocenters. The summed E-state index contributed by atoms with van der Waals surface area (Å²) in [6.07, 6.45) is 4.20. The first-order chi connectivity index (χ1) is 7.72. The van der Waals surface area contributed by atoms with E-state index in [9.17, 15) is 0 Å². The number of hydrogen-bond donors (Lipinski definition) is 1. The van der Waals surface area contributed by atoms with E-state index in [2.05, 4.69) is 24.1 Å². The van der Waals surface area contributed by atoms with Gasteiger partial charge in [0.15, 0.2) is 0 Å². The summed E-state index contributed by atoms with van der Waals surface area (Å²) in [5.41, 5.74) is 1.02. The fourth-order valence-electron chi connectivity index (χ4n) is 1.55. The molecule has 1 N–H and O–H groups in total. The summed E-state index contributed by atoms with van der Waals surface area (Å²) < 4.78 is 5.56. The quantitative estimate of drug-likeness (QED) is 0.720. The van der Waals surface area contributed by atoms with Crippen molar-refractivity contribution in [3.05, 3.63) is 24.0 Å². The van der Waals surface area contributed by atoms with E-state index in [0.717, 1.165) is 18.0 Å². The van der Waals surface area contributed by atoms with E-state index in [0.29, 0.717) is 12.6 Å². The lowest BCUT2D eigenvalue weighted by Crippen LogP contribution is -2.29. The number of hydrogen-bond acceptors (Lipinski definition) is 3. The monoisotopic (exact) mass is 222 g/mol. The number of nitrogens with zero attached hydrogens (tertiary/aromatic N) is 1. The number of aromatic nitrogens is 1. The maximum Gasteiger partial charge on any atom is 0.137 e. The average Bonchev–Trinajstić information content (AvgIpc) is 2.27. The van der Waals surface area contributed by atoms with Gasteiger partial charge in [-0.3, -0.25) is 4.98 Å². The number of ether oxygens (including phenoxy) is 1. The van der Waals surface area contributed by atoms with Crippen LogP contribution >= 0.6 is 0 Å². The summed E-state index contributed by atoms with van der Waals surface area (Å²) in [4.78, 5) is 4.18. The fraction of sp³-hybridized carbons (Fsp3) is 0.615. The molecule has 0 aliphatic rings. The van der Waals surface area contributed by atoms with Crippen LogP contribution in [0.1, 0.15) is 32.4 Å². The normalized spacial score (nSPS) is 12.4. The topological polar surface area (TPSA) is 34.1 Å². The summed E-state index contributed by atoms with van der Waals surface area (Å²) in [5, 5.41) is 3.42. The van der Waals surface area contributed by atoms with Gasteiger partial charge in [0.1, 0.15) is 12.4 Å². The van der Waals surface area contributed by atoms with Crippen molar-refractivity contribution in [1.29, 1.82) is 0 Å². The second-order valence-corrected chi connectivity index (χ2v) is 4.13. The van der Waals surface area contributed by atoms with Gasteiger partial charge in [-0.2, -0.15) is 0 Å². The first kappa shape index (κ1) is 13.0. The molecule has 0 saturated carbocycles. The molecule has 1 heterocycles. The minimum atomic E-state index is 0.574. The van der Waals surface area contributed by atoms with Gasteiger partial charge >= 0.3 is 0 Å². The zero-order chi connectivity index (χ0) is 11.8. The van der Waals surface area contributed by atoms with Crippen molar-refractivity contribution < 1.29 is 4.74 Å². The Hall–Kier alpha value is -1.09. The first-order valence-electron chi connectivity index (χ1n) is 6.01. The van der Waals surface area contributed by atoms with Gasteiger partial charge < -0.3 is 10.1 Å². The second-order valence-electron chi connectivity index (χ2n) is 4.13. The summed E-state index contributed by atoms with van der Waals surface area (Å²) in [6.45, 7) is 7.95.